The maximum Gasteiger partial charge on any atom is 0.256 e. The minimum absolute atomic E-state index is 0.0113. The monoisotopic (exact) mass is 414 g/mol. The van der Waals surface area contributed by atoms with Crippen molar-refractivity contribution in [3.63, 3.8) is 0 Å². The summed E-state index contributed by atoms with van der Waals surface area (Å²) in [6.07, 6.45) is 1.35. The lowest BCUT2D eigenvalue weighted by molar-refractivity contribution is 0.0496. The van der Waals surface area contributed by atoms with Crippen LogP contribution in [0.15, 0.2) is 48.5 Å². The zero-order valence-electron chi connectivity index (χ0n) is 16.3. The van der Waals surface area contributed by atoms with Gasteiger partial charge in [0.2, 0.25) is 0 Å². The second-order valence-corrected chi connectivity index (χ2v) is 8.71. The molecule has 4 rings (SSSR count). The molecular weight excluding hydrogens is 391 g/mol. The zero-order chi connectivity index (χ0) is 20.4. The van der Waals surface area contributed by atoms with E-state index in [-0.39, 0.29) is 22.2 Å². The highest BCUT2D eigenvalue weighted by atomic mass is 32.2. The van der Waals surface area contributed by atoms with Crippen LogP contribution in [0.1, 0.15) is 33.6 Å². The molecule has 152 valence electrons. The molecular formula is C22H23FN2O3S. The summed E-state index contributed by atoms with van der Waals surface area (Å²) in [5.74, 6) is 0.732. The number of nitrogens with zero attached hydrogens (tertiary/aromatic N) is 2. The summed E-state index contributed by atoms with van der Waals surface area (Å²) in [5, 5.41) is 0. The van der Waals surface area contributed by atoms with E-state index in [0.717, 1.165) is 5.75 Å². The molecule has 2 aliphatic rings. The van der Waals surface area contributed by atoms with E-state index < -0.39 is 5.82 Å². The number of piperidine rings is 1. The molecule has 29 heavy (non-hydrogen) atoms. The number of halogens is 1. The van der Waals surface area contributed by atoms with Crippen LogP contribution in [0.5, 0.6) is 5.75 Å². The van der Waals surface area contributed by atoms with Crippen molar-refractivity contribution in [2.75, 3.05) is 32.5 Å². The van der Waals surface area contributed by atoms with Crippen LogP contribution in [0, 0.1) is 5.82 Å². The van der Waals surface area contributed by atoms with E-state index in [2.05, 4.69) is 0 Å². The van der Waals surface area contributed by atoms with Crippen LogP contribution >= 0.6 is 11.8 Å². The largest absolute Gasteiger partial charge is 0.497 e. The third-order valence-corrected chi connectivity index (χ3v) is 7.23. The fourth-order valence-corrected chi connectivity index (χ4v) is 5.54. The van der Waals surface area contributed by atoms with Crippen LogP contribution in [0.4, 0.5) is 4.39 Å². The number of carbonyl (C=O) groups excluding carboxylic acids is 2. The van der Waals surface area contributed by atoms with Crippen LogP contribution < -0.4 is 4.74 Å². The van der Waals surface area contributed by atoms with Crippen molar-refractivity contribution >= 4 is 23.6 Å². The van der Waals surface area contributed by atoms with Gasteiger partial charge in [0.15, 0.2) is 0 Å². The summed E-state index contributed by atoms with van der Waals surface area (Å²) in [7, 11) is 1.58. The number of thioether (sulfide) groups is 1. The molecule has 2 saturated heterocycles. The molecule has 1 spiro atoms. The second kappa shape index (κ2) is 8.06. The number of methoxy groups -OCH3 is 1. The van der Waals surface area contributed by atoms with E-state index in [4.69, 9.17) is 4.74 Å². The van der Waals surface area contributed by atoms with Crippen LogP contribution in [-0.4, -0.2) is 59.0 Å². The van der Waals surface area contributed by atoms with Crippen LogP contribution in [-0.2, 0) is 0 Å². The average molecular weight is 415 g/mol. The second-order valence-electron chi connectivity index (χ2n) is 7.26. The molecule has 2 aliphatic heterocycles. The minimum Gasteiger partial charge on any atom is -0.497 e. The van der Waals surface area contributed by atoms with Gasteiger partial charge in [-0.2, -0.15) is 0 Å². The third kappa shape index (κ3) is 3.71. The summed E-state index contributed by atoms with van der Waals surface area (Å²) in [6.45, 7) is 1.69. The number of ether oxygens (including phenoxy) is 1. The Bertz CT molecular complexity index is 928. The van der Waals surface area contributed by atoms with Gasteiger partial charge in [-0.3, -0.25) is 9.59 Å². The van der Waals surface area contributed by atoms with Gasteiger partial charge in [0.25, 0.3) is 11.8 Å². The van der Waals surface area contributed by atoms with E-state index in [1.807, 2.05) is 17.0 Å². The fourth-order valence-electron chi connectivity index (χ4n) is 4.09. The topological polar surface area (TPSA) is 49.9 Å². The Balaban J connectivity index is 1.48. The number of likely N-dealkylation sites (tertiary alicyclic amines) is 1. The van der Waals surface area contributed by atoms with E-state index >= 15 is 0 Å². The number of hydrogen-bond donors (Lipinski definition) is 0. The van der Waals surface area contributed by atoms with Gasteiger partial charge in [-0.1, -0.05) is 18.2 Å². The number of amides is 2. The summed E-state index contributed by atoms with van der Waals surface area (Å²) in [5.41, 5.74) is 0.711. The van der Waals surface area contributed by atoms with Gasteiger partial charge in [-0.25, -0.2) is 4.39 Å². The lowest BCUT2D eigenvalue weighted by Crippen LogP contribution is -2.53. The van der Waals surface area contributed by atoms with Gasteiger partial charge in [0.05, 0.1) is 17.5 Å². The molecule has 2 aromatic carbocycles. The van der Waals surface area contributed by atoms with Gasteiger partial charge in [-0.05, 0) is 43.2 Å². The molecule has 0 N–H and O–H groups in total. The SMILES string of the molecule is COc1cccc(C(=O)N2CCSC23CCN(C(=O)c2ccccc2F)CC3)c1. The van der Waals surface area contributed by atoms with Gasteiger partial charge < -0.3 is 14.5 Å². The molecule has 7 heteroatoms. The summed E-state index contributed by atoms with van der Waals surface area (Å²) >= 11 is 1.78. The Labute approximate surface area is 173 Å². The van der Waals surface area contributed by atoms with E-state index in [1.54, 1.807) is 48.0 Å². The Morgan fingerprint density at radius 1 is 1.03 bits per heavy atom. The molecule has 0 aromatic heterocycles. The lowest BCUT2D eigenvalue weighted by Gasteiger charge is -2.44. The maximum absolute atomic E-state index is 14.0. The molecule has 0 radical (unpaired) electrons. The van der Waals surface area contributed by atoms with E-state index in [9.17, 15) is 14.0 Å². The molecule has 2 aromatic rings. The first-order chi connectivity index (χ1) is 14.0. The number of benzene rings is 2. The van der Waals surface area contributed by atoms with E-state index in [0.29, 0.717) is 43.8 Å². The first-order valence-corrected chi connectivity index (χ1v) is 10.7. The molecule has 0 unspecified atom stereocenters. The smallest absolute Gasteiger partial charge is 0.256 e. The Kier molecular flexibility index (Phi) is 5.50. The van der Waals surface area contributed by atoms with Crippen LogP contribution in [0.3, 0.4) is 0 Å². The zero-order valence-corrected chi connectivity index (χ0v) is 17.1. The number of carbonyl (C=O) groups is 2. The molecule has 0 atom stereocenters. The molecule has 5 nitrogen and oxygen atoms in total. The number of rotatable bonds is 3. The van der Waals surface area contributed by atoms with Crippen molar-refractivity contribution in [2.45, 2.75) is 17.7 Å². The van der Waals surface area contributed by atoms with Crippen molar-refractivity contribution < 1.29 is 18.7 Å². The van der Waals surface area contributed by atoms with Crippen molar-refractivity contribution in [1.82, 2.24) is 9.80 Å². The highest BCUT2D eigenvalue weighted by Crippen LogP contribution is 2.44. The quantitative estimate of drug-likeness (QED) is 0.769. The normalized spacial score (nSPS) is 18.1. The van der Waals surface area contributed by atoms with E-state index in [1.165, 1.54) is 12.1 Å². The van der Waals surface area contributed by atoms with Gasteiger partial charge in [0, 0.05) is 31.0 Å². The highest BCUT2D eigenvalue weighted by Gasteiger charge is 2.47. The van der Waals surface area contributed by atoms with Crippen molar-refractivity contribution in [2.24, 2.45) is 0 Å². The van der Waals surface area contributed by atoms with Crippen molar-refractivity contribution in [3.05, 3.63) is 65.5 Å². The van der Waals surface area contributed by atoms with Crippen LogP contribution in [0.25, 0.3) is 0 Å². The Morgan fingerprint density at radius 3 is 2.52 bits per heavy atom. The van der Waals surface area contributed by atoms with Gasteiger partial charge >= 0.3 is 0 Å². The minimum atomic E-state index is -0.497. The maximum atomic E-state index is 14.0. The summed E-state index contributed by atoms with van der Waals surface area (Å²) < 4.78 is 19.2. The average Bonchev–Trinajstić information content (AvgIpc) is 3.16. The first-order valence-electron chi connectivity index (χ1n) is 9.68. The van der Waals surface area contributed by atoms with Gasteiger partial charge in [0.1, 0.15) is 11.6 Å². The van der Waals surface area contributed by atoms with Crippen molar-refractivity contribution in [1.29, 1.82) is 0 Å². The standard InChI is InChI=1S/C22H23FN2O3S/c1-28-17-6-4-5-16(15-17)20(26)25-13-14-29-22(25)9-11-24(12-10-22)21(27)18-7-2-3-8-19(18)23/h2-8,15H,9-14H2,1H3. The van der Waals surface area contributed by atoms with Crippen molar-refractivity contribution in [3.8, 4) is 5.75 Å². The molecule has 0 bridgehead atoms. The first kappa shape index (κ1) is 19.8. The number of hydrogen-bond acceptors (Lipinski definition) is 4. The Hall–Kier alpha value is -2.54. The van der Waals surface area contributed by atoms with Gasteiger partial charge in [-0.15, -0.1) is 11.8 Å². The molecule has 0 aliphatic carbocycles. The summed E-state index contributed by atoms with van der Waals surface area (Å²) in [4.78, 5) is 29.2. The lowest BCUT2D eigenvalue weighted by atomic mass is 10.00. The molecule has 2 fully saturated rings. The third-order valence-electron chi connectivity index (χ3n) is 5.68. The molecule has 2 amide bonds. The molecule has 0 saturated carbocycles. The Morgan fingerprint density at radius 2 is 1.79 bits per heavy atom. The summed E-state index contributed by atoms with van der Waals surface area (Å²) in [6, 6.07) is 13.3. The van der Waals surface area contributed by atoms with Crippen LogP contribution in [0.2, 0.25) is 0 Å². The predicted molar refractivity (Wildman–Crippen MR) is 111 cm³/mol. The fraction of sp³-hybridized carbons (Fsp3) is 0.364. The highest BCUT2D eigenvalue weighted by molar-refractivity contribution is 8.00. The molecule has 2 heterocycles. The predicted octanol–water partition coefficient (Wildman–Crippen LogP) is 3.66.